The number of aromatic nitrogens is 2. The van der Waals surface area contributed by atoms with Gasteiger partial charge in [0.1, 0.15) is 5.69 Å². The minimum atomic E-state index is 0.109. The molecule has 1 aliphatic heterocycles. The Bertz CT molecular complexity index is 456. The quantitative estimate of drug-likeness (QED) is 0.792. The number of likely N-dealkylation sites (tertiary alicyclic amines) is 1. The molecule has 2 fully saturated rings. The molecule has 0 bridgehead atoms. The molecule has 1 unspecified atom stereocenters. The van der Waals surface area contributed by atoms with Crippen LogP contribution in [0.2, 0.25) is 0 Å². The zero-order chi connectivity index (χ0) is 12.7. The summed E-state index contributed by atoms with van der Waals surface area (Å²) in [7, 11) is 1.81. The molecule has 1 saturated heterocycles. The van der Waals surface area contributed by atoms with Crippen LogP contribution in [0.1, 0.15) is 29.8 Å². The SMILES string of the molecule is Cn1nccc1C(=O)N1C[C@H]2CC(N)CC[C@H]2C1. The van der Waals surface area contributed by atoms with E-state index >= 15 is 0 Å². The number of fused-ring (bicyclic) bond motifs is 1. The lowest BCUT2D eigenvalue weighted by molar-refractivity contribution is 0.0773. The monoisotopic (exact) mass is 248 g/mol. The van der Waals surface area contributed by atoms with Crippen LogP contribution in [0.15, 0.2) is 12.3 Å². The van der Waals surface area contributed by atoms with Gasteiger partial charge in [-0.25, -0.2) is 0 Å². The first-order chi connectivity index (χ1) is 8.65. The summed E-state index contributed by atoms with van der Waals surface area (Å²) in [5.41, 5.74) is 6.69. The van der Waals surface area contributed by atoms with Gasteiger partial charge in [-0.15, -0.1) is 0 Å². The largest absolute Gasteiger partial charge is 0.337 e. The fourth-order valence-electron chi connectivity index (χ4n) is 3.38. The summed E-state index contributed by atoms with van der Waals surface area (Å²) in [4.78, 5) is 14.4. The summed E-state index contributed by atoms with van der Waals surface area (Å²) in [5, 5.41) is 4.06. The molecule has 2 N–H and O–H groups in total. The number of aryl methyl sites for hydroxylation is 1. The summed E-state index contributed by atoms with van der Waals surface area (Å²) in [6.07, 6.45) is 5.02. The van der Waals surface area contributed by atoms with Crippen molar-refractivity contribution in [2.75, 3.05) is 13.1 Å². The summed E-state index contributed by atoms with van der Waals surface area (Å²) in [6, 6.07) is 2.12. The van der Waals surface area contributed by atoms with Crippen molar-refractivity contribution in [3.63, 3.8) is 0 Å². The van der Waals surface area contributed by atoms with Crippen molar-refractivity contribution in [3.05, 3.63) is 18.0 Å². The van der Waals surface area contributed by atoms with E-state index in [1.807, 2.05) is 11.9 Å². The Labute approximate surface area is 107 Å². The zero-order valence-electron chi connectivity index (χ0n) is 10.7. The number of rotatable bonds is 1. The molecule has 3 rings (SSSR count). The highest BCUT2D eigenvalue weighted by molar-refractivity contribution is 5.92. The van der Waals surface area contributed by atoms with Crippen LogP contribution in [-0.4, -0.2) is 39.7 Å². The average Bonchev–Trinajstić information content (AvgIpc) is 2.93. The van der Waals surface area contributed by atoms with Crippen LogP contribution >= 0.6 is 0 Å². The summed E-state index contributed by atoms with van der Waals surface area (Å²) >= 11 is 0. The van der Waals surface area contributed by atoms with Crippen LogP contribution < -0.4 is 5.73 Å². The first-order valence-corrected chi connectivity index (χ1v) is 6.68. The van der Waals surface area contributed by atoms with Crippen LogP contribution in [0.3, 0.4) is 0 Å². The second kappa shape index (κ2) is 4.39. The Morgan fingerprint density at radius 2 is 2.17 bits per heavy atom. The minimum Gasteiger partial charge on any atom is -0.337 e. The smallest absolute Gasteiger partial charge is 0.272 e. The molecule has 2 aliphatic rings. The predicted octanol–water partition coefficient (Wildman–Crippen LogP) is 0.620. The van der Waals surface area contributed by atoms with Crippen molar-refractivity contribution >= 4 is 5.91 Å². The van der Waals surface area contributed by atoms with Crippen LogP contribution in [0.25, 0.3) is 0 Å². The molecule has 5 heteroatoms. The summed E-state index contributed by atoms with van der Waals surface area (Å²) in [5.74, 6) is 1.37. The molecule has 1 aromatic rings. The predicted molar refractivity (Wildman–Crippen MR) is 67.9 cm³/mol. The topological polar surface area (TPSA) is 64.2 Å². The fraction of sp³-hybridized carbons (Fsp3) is 0.692. The molecule has 1 aliphatic carbocycles. The van der Waals surface area contributed by atoms with Gasteiger partial charge in [-0.1, -0.05) is 0 Å². The first kappa shape index (κ1) is 11.7. The Morgan fingerprint density at radius 1 is 1.39 bits per heavy atom. The van der Waals surface area contributed by atoms with Gasteiger partial charge in [0.25, 0.3) is 5.91 Å². The lowest BCUT2D eigenvalue weighted by Gasteiger charge is -2.27. The van der Waals surface area contributed by atoms with E-state index in [1.54, 1.807) is 16.9 Å². The molecule has 0 radical (unpaired) electrons. The number of amides is 1. The van der Waals surface area contributed by atoms with E-state index in [9.17, 15) is 4.79 Å². The summed E-state index contributed by atoms with van der Waals surface area (Å²) < 4.78 is 1.65. The first-order valence-electron chi connectivity index (χ1n) is 6.68. The van der Waals surface area contributed by atoms with Crippen LogP contribution in [0.5, 0.6) is 0 Å². The maximum absolute atomic E-state index is 12.4. The molecular formula is C13H20N4O. The van der Waals surface area contributed by atoms with E-state index < -0.39 is 0 Å². The number of carbonyl (C=O) groups excluding carboxylic acids is 1. The van der Waals surface area contributed by atoms with Gasteiger partial charge in [0.2, 0.25) is 0 Å². The molecular weight excluding hydrogens is 228 g/mol. The van der Waals surface area contributed by atoms with E-state index in [1.165, 1.54) is 6.42 Å². The van der Waals surface area contributed by atoms with Crippen LogP contribution in [0, 0.1) is 11.8 Å². The molecule has 1 aromatic heterocycles. The highest BCUT2D eigenvalue weighted by Gasteiger charge is 2.39. The molecule has 1 amide bonds. The average molecular weight is 248 g/mol. The van der Waals surface area contributed by atoms with Gasteiger partial charge in [-0.2, -0.15) is 5.10 Å². The van der Waals surface area contributed by atoms with E-state index in [0.29, 0.717) is 23.6 Å². The third kappa shape index (κ3) is 1.92. The molecule has 18 heavy (non-hydrogen) atoms. The van der Waals surface area contributed by atoms with Crippen molar-refractivity contribution < 1.29 is 4.79 Å². The van der Waals surface area contributed by atoms with Gasteiger partial charge in [0.15, 0.2) is 0 Å². The molecule has 3 atom stereocenters. The van der Waals surface area contributed by atoms with Gasteiger partial charge in [0, 0.05) is 32.4 Å². The Kier molecular flexibility index (Phi) is 2.86. The van der Waals surface area contributed by atoms with Gasteiger partial charge in [-0.3, -0.25) is 9.48 Å². The number of nitrogens with zero attached hydrogens (tertiary/aromatic N) is 3. The van der Waals surface area contributed by atoms with Crippen LogP contribution in [0.4, 0.5) is 0 Å². The second-order valence-corrected chi connectivity index (χ2v) is 5.64. The third-order valence-electron chi connectivity index (χ3n) is 4.42. The minimum absolute atomic E-state index is 0.109. The number of nitrogens with two attached hydrogens (primary N) is 1. The van der Waals surface area contributed by atoms with Gasteiger partial charge in [-0.05, 0) is 37.2 Å². The third-order valence-corrected chi connectivity index (χ3v) is 4.42. The van der Waals surface area contributed by atoms with Gasteiger partial charge >= 0.3 is 0 Å². The standard InChI is InChI=1S/C13H20N4O/c1-16-12(4-5-15-16)13(18)17-7-9-2-3-11(14)6-10(9)8-17/h4-5,9-11H,2-3,6-8,14H2,1H3/t9-,10+,11?/m0/s1. The lowest BCUT2D eigenvalue weighted by atomic mass is 9.79. The second-order valence-electron chi connectivity index (χ2n) is 5.64. The van der Waals surface area contributed by atoms with Crippen molar-refractivity contribution in [2.45, 2.75) is 25.3 Å². The Balaban J connectivity index is 1.72. The molecule has 0 spiro atoms. The number of hydrogen-bond donors (Lipinski definition) is 1. The zero-order valence-corrected chi connectivity index (χ0v) is 10.7. The molecule has 0 aromatic carbocycles. The number of hydrogen-bond acceptors (Lipinski definition) is 3. The molecule has 2 heterocycles. The van der Waals surface area contributed by atoms with E-state index in [2.05, 4.69) is 5.10 Å². The van der Waals surface area contributed by atoms with Gasteiger partial charge < -0.3 is 10.6 Å². The Hall–Kier alpha value is -1.36. The van der Waals surface area contributed by atoms with E-state index in [0.717, 1.165) is 25.9 Å². The maximum Gasteiger partial charge on any atom is 0.272 e. The Morgan fingerprint density at radius 3 is 2.89 bits per heavy atom. The van der Waals surface area contributed by atoms with Crippen LogP contribution in [-0.2, 0) is 7.05 Å². The molecule has 5 nitrogen and oxygen atoms in total. The van der Waals surface area contributed by atoms with Crippen molar-refractivity contribution in [3.8, 4) is 0 Å². The number of carbonyl (C=O) groups is 1. The summed E-state index contributed by atoms with van der Waals surface area (Å²) in [6.45, 7) is 1.75. The fourth-order valence-corrected chi connectivity index (χ4v) is 3.38. The molecule has 1 saturated carbocycles. The van der Waals surface area contributed by atoms with Crippen molar-refractivity contribution in [2.24, 2.45) is 24.6 Å². The van der Waals surface area contributed by atoms with E-state index in [-0.39, 0.29) is 5.91 Å². The van der Waals surface area contributed by atoms with Gasteiger partial charge in [0.05, 0.1) is 0 Å². The van der Waals surface area contributed by atoms with E-state index in [4.69, 9.17) is 5.73 Å². The highest BCUT2D eigenvalue weighted by atomic mass is 16.2. The lowest BCUT2D eigenvalue weighted by Crippen LogP contribution is -2.32. The molecule has 98 valence electrons. The normalized spacial score (nSPS) is 31.4. The van der Waals surface area contributed by atoms with Crippen molar-refractivity contribution in [1.82, 2.24) is 14.7 Å². The maximum atomic E-state index is 12.4. The van der Waals surface area contributed by atoms with Crippen molar-refractivity contribution in [1.29, 1.82) is 0 Å². The highest BCUT2D eigenvalue weighted by Crippen LogP contribution is 2.36.